The number of hydrogen-bond acceptors (Lipinski definition) is 4. The number of aryl methyl sites for hydroxylation is 1. The molecule has 26 heavy (non-hydrogen) atoms. The summed E-state index contributed by atoms with van der Waals surface area (Å²) in [6, 6.07) is 12.6. The molecule has 0 saturated carbocycles. The Balaban J connectivity index is 1.73. The SMILES string of the molecule is Cc1ccsc1CN(Cc1cnn(Cc2ccccc2)c1C)CC(C)O. The Hall–Kier alpha value is -1.95. The smallest absolute Gasteiger partial charge is 0.0662 e. The molecule has 0 radical (unpaired) electrons. The van der Waals surface area contributed by atoms with Crippen molar-refractivity contribution in [2.75, 3.05) is 6.54 Å². The number of benzene rings is 1. The van der Waals surface area contributed by atoms with Crippen molar-refractivity contribution in [3.8, 4) is 0 Å². The second-order valence-electron chi connectivity index (χ2n) is 6.94. The average molecular weight is 370 g/mol. The third-order valence-electron chi connectivity index (χ3n) is 4.63. The first kappa shape index (κ1) is 18.8. The molecule has 2 aromatic heterocycles. The first-order valence-electron chi connectivity index (χ1n) is 9.01. The highest BCUT2D eigenvalue weighted by molar-refractivity contribution is 7.10. The molecule has 1 atom stereocenters. The number of nitrogens with zero attached hydrogens (tertiary/aromatic N) is 3. The van der Waals surface area contributed by atoms with Crippen LogP contribution in [0, 0.1) is 13.8 Å². The van der Waals surface area contributed by atoms with Gasteiger partial charge in [-0.25, -0.2) is 0 Å². The predicted molar refractivity (Wildman–Crippen MR) is 107 cm³/mol. The molecule has 0 aliphatic heterocycles. The molecule has 1 N–H and O–H groups in total. The van der Waals surface area contributed by atoms with Gasteiger partial charge in [0.05, 0.1) is 18.8 Å². The normalized spacial score (nSPS) is 12.7. The first-order valence-corrected chi connectivity index (χ1v) is 9.89. The Bertz CT molecular complexity index is 823. The molecule has 1 unspecified atom stereocenters. The zero-order chi connectivity index (χ0) is 18.5. The highest BCUT2D eigenvalue weighted by Gasteiger charge is 2.15. The van der Waals surface area contributed by atoms with E-state index in [2.05, 4.69) is 64.2 Å². The lowest BCUT2D eigenvalue weighted by Gasteiger charge is -2.23. The van der Waals surface area contributed by atoms with Gasteiger partial charge in [-0.1, -0.05) is 30.3 Å². The van der Waals surface area contributed by atoms with Gasteiger partial charge in [-0.15, -0.1) is 11.3 Å². The maximum Gasteiger partial charge on any atom is 0.0662 e. The van der Waals surface area contributed by atoms with Gasteiger partial charge >= 0.3 is 0 Å². The van der Waals surface area contributed by atoms with E-state index in [1.54, 1.807) is 11.3 Å². The summed E-state index contributed by atoms with van der Waals surface area (Å²) in [5.41, 5.74) is 4.98. The van der Waals surface area contributed by atoms with E-state index in [9.17, 15) is 5.11 Å². The van der Waals surface area contributed by atoms with Gasteiger partial charge in [-0.05, 0) is 43.3 Å². The first-order chi connectivity index (χ1) is 12.5. The van der Waals surface area contributed by atoms with Crippen molar-refractivity contribution in [1.29, 1.82) is 0 Å². The van der Waals surface area contributed by atoms with Crippen LogP contribution in [0.4, 0.5) is 0 Å². The summed E-state index contributed by atoms with van der Waals surface area (Å²) in [6.07, 6.45) is 1.61. The molecule has 0 aliphatic rings. The van der Waals surface area contributed by atoms with E-state index in [4.69, 9.17) is 0 Å². The molecule has 0 fully saturated rings. The summed E-state index contributed by atoms with van der Waals surface area (Å²) in [7, 11) is 0. The largest absolute Gasteiger partial charge is 0.392 e. The number of aromatic nitrogens is 2. The van der Waals surface area contributed by atoms with Gasteiger partial charge in [-0.3, -0.25) is 9.58 Å². The molecule has 0 amide bonds. The Morgan fingerprint density at radius 1 is 1.15 bits per heavy atom. The fraction of sp³-hybridized carbons (Fsp3) is 0.381. The van der Waals surface area contributed by atoms with Gasteiger partial charge in [0.25, 0.3) is 0 Å². The molecule has 5 heteroatoms. The summed E-state index contributed by atoms with van der Waals surface area (Å²) < 4.78 is 2.06. The Labute approximate surface area is 159 Å². The summed E-state index contributed by atoms with van der Waals surface area (Å²) in [4.78, 5) is 3.67. The minimum atomic E-state index is -0.352. The third kappa shape index (κ3) is 4.81. The van der Waals surface area contributed by atoms with E-state index in [-0.39, 0.29) is 6.10 Å². The summed E-state index contributed by atoms with van der Waals surface area (Å²) >= 11 is 1.78. The van der Waals surface area contributed by atoms with E-state index >= 15 is 0 Å². The summed E-state index contributed by atoms with van der Waals surface area (Å²) in [6.45, 7) is 9.21. The van der Waals surface area contributed by atoms with Gasteiger partial charge in [0, 0.05) is 35.8 Å². The average Bonchev–Trinajstić information content (AvgIpc) is 3.16. The summed E-state index contributed by atoms with van der Waals surface area (Å²) in [5.74, 6) is 0. The maximum atomic E-state index is 9.91. The highest BCUT2D eigenvalue weighted by Crippen LogP contribution is 2.20. The lowest BCUT2D eigenvalue weighted by molar-refractivity contribution is 0.118. The molecule has 3 rings (SSSR count). The topological polar surface area (TPSA) is 41.3 Å². The predicted octanol–water partition coefficient (Wildman–Crippen LogP) is 3.99. The van der Waals surface area contributed by atoms with Gasteiger partial charge < -0.3 is 5.11 Å². The van der Waals surface area contributed by atoms with Crippen LogP contribution in [-0.2, 0) is 19.6 Å². The van der Waals surface area contributed by atoms with Crippen LogP contribution >= 0.6 is 11.3 Å². The van der Waals surface area contributed by atoms with Crippen LogP contribution in [0.15, 0.2) is 48.0 Å². The van der Waals surface area contributed by atoms with Crippen LogP contribution in [0.1, 0.15) is 34.2 Å². The van der Waals surface area contributed by atoms with Gasteiger partial charge in [0.15, 0.2) is 0 Å². The zero-order valence-corrected chi connectivity index (χ0v) is 16.5. The minimum absolute atomic E-state index is 0.352. The molecule has 2 heterocycles. The van der Waals surface area contributed by atoms with Crippen molar-refractivity contribution < 1.29 is 5.11 Å². The van der Waals surface area contributed by atoms with Crippen molar-refractivity contribution in [1.82, 2.24) is 14.7 Å². The molecule has 0 saturated heterocycles. The van der Waals surface area contributed by atoms with Crippen LogP contribution in [0.2, 0.25) is 0 Å². The Morgan fingerprint density at radius 3 is 2.58 bits per heavy atom. The number of aliphatic hydroxyl groups is 1. The molecule has 4 nitrogen and oxygen atoms in total. The van der Waals surface area contributed by atoms with Crippen molar-refractivity contribution in [2.24, 2.45) is 0 Å². The van der Waals surface area contributed by atoms with E-state index in [0.717, 1.165) is 19.6 Å². The number of hydrogen-bond donors (Lipinski definition) is 1. The van der Waals surface area contributed by atoms with Crippen LogP contribution in [0.5, 0.6) is 0 Å². The monoisotopic (exact) mass is 369 g/mol. The fourth-order valence-corrected chi connectivity index (χ4v) is 4.07. The van der Waals surface area contributed by atoms with Crippen LogP contribution in [0.25, 0.3) is 0 Å². The molecule has 0 spiro atoms. The Morgan fingerprint density at radius 2 is 1.92 bits per heavy atom. The fourth-order valence-electron chi connectivity index (χ4n) is 3.12. The van der Waals surface area contributed by atoms with Crippen LogP contribution < -0.4 is 0 Å². The molecular weight excluding hydrogens is 342 g/mol. The standard InChI is InChI=1S/C21H27N3OS/c1-16-9-10-26-21(16)15-23(12-17(2)25)14-20-11-22-24(18(20)3)13-19-7-5-4-6-8-19/h4-11,17,25H,12-15H2,1-3H3. The summed E-state index contributed by atoms with van der Waals surface area (Å²) in [5, 5.41) is 16.6. The number of thiophene rings is 1. The second kappa shape index (κ2) is 8.62. The van der Waals surface area contributed by atoms with E-state index in [1.165, 1.54) is 27.3 Å². The van der Waals surface area contributed by atoms with Gasteiger partial charge in [-0.2, -0.15) is 5.10 Å². The number of rotatable bonds is 8. The lowest BCUT2D eigenvalue weighted by Crippen LogP contribution is -2.30. The van der Waals surface area contributed by atoms with Gasteiger partial charge in [0.1, 0.15) is 0 Å². The van der Waals surface area contributed by atoms with Crippen molar-refractivity contribution in [2.45, 2.75) is 46.5 Å². The van der Waals surface area contributed by atoms with Crippen LogP contribution in [-0.4, -0.2) is 32.4 Å². The van der Waals surface area contributed by atoms with Crippen molar-refractivity contribution in [3.05, 3.63) is 75.2 Å². The zero-order valence-electron chi connectivity index (χ0n) is 15.7. The van der Waals surface area contributed by atoms with E-state index < -0.39 is 0 Å². The van der Waals surface area contributed by atoms with Gasteiger partial charge in [0.2, 0.25) is 0 Å². The molecule has 3 aromatic rings. The minimum Gasteiger partial charge on any atom is -0.392 e. The highest BCUT2D eigenvalue weighted by atomic mass is 32.1. The van der Waals surface area contributed by atoms with Crippen molar-refractivity contribution >= 4 is 11.3 Å². The lowest BCUT2D eigenvalue weighted by atomic mass is 10.2. The van der Waals surface area contributed by atoms with Crippen molar-refractivity contribution in [3.63, 3.8) is 0 Å². The molecule has 0 bridgehead atoms. The molecular formula is C21H27N3OS. The third-order valence-corrected chi connectivity index (χ3v) is 5.64. The second-order valence-corrected chi connectivity index (χ2v) is 7.94. The van der Waals surface area contributed by atoms with E-state index in [0.29, 0.717) is 6.54 Å². The molecule has 1 aromatic carbocycles. The Kier molecular flexibility index (Phi) is 6.25. The van der Waals surface area contributed by atoms with E-state index in [1.807, 2.05) is 19.2 Å². The van der Waals surface area contributed by atoms with Crippen LogP contribution in [0.3, 0.4) is 0 Å². The molecule has 138 valence electrons. The number of aliphatic hydroxyl groups excluding tert-OH is 1. The molecule has 0 aliphatic carbocycles. The quantitative estimate of drug-likeness (QED) is 0.653. The maximum absolute atomic E-state index is 9.91.